The molecule has 8 heavy (non-hydrogen) atoms. The van der Waals surface area contributed by atoms with Gasteiger partial charge in [-0.1, -0.05) is 0 Å². The summed E-state index contributed by atoms with van der Waals surface area (Å²) in [5.74, 6) is 0. The molecule has 0 saturated carbocycles. The highest BCUT2D eigenvalue weighted by Crippen LogP contribution is 1.62. The Bertz CT molecular complexity index is 113. The third-order valence-corrected chi connectivity index (χ3v) is 0.306. The normalized spacial score (nSPS) is 8.75. The lowest BCUT2D eigenvalue weighted by Gasteiger charge is -2.09. The first-order valence-electron chi connectivity index (χ1n) is 0.908. The van der Waals surface area contributed by atoms with Crippen molar-refractivity contribution in [3.05, 3.63) is 5.21 Å². The van der Waals surface area contributed by atoms with E-state index >= 15 is 0 Å². The number of rotatable bonds is 1. The van der Waals surface area contributed by atoms with Gasteiger partial charge in [-0.15, -0.1) is 0 Å². The molecule has 0 saturated heterocycles. The minimum atomic E-state index is -4.72. The molecule has 54 valence electrons. The Balaban J connectivity index is -0.000000125. The van der Waals surface area contributed by atoms with E-state index in [1.807, 2.05) is 0 Å². The fourth-order valence-corrected chi connectivity index (χ4v) is 0. The van der Waals surface area contributed by atoms with Crippen LogP contribution in [0.3, 0.4) is 0 Å². The molecule has 0 aromatic rings. The van der Waals surface area contributed by atoms with Crippen LogP contribution >= 0.6 is 0 Å². The highest BCUT2D eigenvalue weighted by atomic mass is 32.2. The predicted octanol–water partition coefficient (Wildman–Crippen LogP) is -0.714. The molecule has 0 aromatic carbocycles. The molecule has 9 N–H and O–H groups in total. The first-order chi connectivity index (χ1) is 2.56. The Kier molecular flexibility index (Phi) is 9.58. The smallest absolute Gasteiger partial charge is 0.147 e. The number of hydrogen-bond acceptors (Lipinski definition) is 4. The van der Waals surface area contributed by atoms with E-state index in [2.05, 4.69) is 0 Å². The molecule has 0 fully saturated rings. The van der Waals surface area contributed by atoms with Crippen LogP contribution in [-0.4, -0.2) is 13.0 Å². The third-order valence-electron chi connectivity index (χ3n) is 0.102. The lowest BCUT2D eigenvalue weighted by molar-refractivity contribution is 0.456. The van der Waals surface area contributed by atoms with Crippen LogP contribution in [0.15, 0.2) is 0 Å². The van der Waals surface area contributed by atoms with Crippen LogP contribution in [0.1, 0.15) is 0 Å². The van der Waals surface area contributed by atoms with Gasteiger partial charge in [0.15, 0.2) is 0 Å². The quantitative estimate of drug-likeness (QED) is 0.329. The zero-order valence-electron chi connectivity index (χ0n) is 4.54. The standard InChI is InChI=1S/H2NO4S.2H3N/c2-1-6(3,4)5;;/h1H,(H,3,4,5);2*1H3/q-1;;/p+1. The highest BCUT2D eigenvalue weighted by Gasteiger charge is 1.70. The number of nitrogens with one attached hydrogen (secondary N) is 1. The van der Waals surface area contributed by atoms with E-state index in [1.54, 1.807) is 0 Å². The van der Waals surface area contributed by atoms with Crippen molar-refractivity contribution in [3.63, 3.8) is 0 Å². The molecule has 0 heterocycles. The molecule has 0 spiro atoms. The van der Waals surface area contributed by atoms with E-state index < -0.39 is 10.3 Å². The molecule has 0 atom stereocenters. The van der Waals surface area contributed by atoms with Crippen molar-refractivity contribution in [1.82, 2.24) is 17.2 Å². The third kappa shape index (κ3) is 17.2. The van der Waals surface area contributed by atoms with Gasteiger partial charge in [-0.3, -0.25) is 0 Å². The average Bonchev–Trinajstić information content (AvgIpc) is 1.35. The van der Waals surface area contributed by atoms with E-state index in [-0.39, 0.29) is 17.2 Å². The second-order valence-electron chi connectivity index (χ2n) is 0.537. The first-order valence-corrected chi connectivity index (χ1v) is 2.32. The first kappa shape index (κ1) is 15.7. The molecule has 0 aliphatic rings. The van der Waals surface area contributed by atoms with Gasteiger partial charge < -0.3 is 26.9 Å². The van der Waals surface area contributed by atoms with Gasteiger partial charge in [-0.25, -0.2) is 8.42 Å². The second-order valence-corrected chi connectivity index (χ2v) is 1.61. The van der Waals surface area contributed by atoms with Crippen molar-refractivity contribution in [2.24, 2.45) is 0 Å². The van der Waals surface area contributed by atoms with Crippen LogP contribution in [0.4, 0.5) is 0 Å². The Morgan fingerprint density at radius 3 is 1.38 bits per heavy atom. The summed E-state index contributed by atoms with van der Waals surface area (Å²) in [6.45, 7) is 0. The Hall–Kier alpha value is -0.250. The van der Waals surface area contributed by atoms with Crippen LogP contribution in [-0.2, 0) is 10.3 Å². The fourth-order valence-electron chi connectivity index (χ4n) is 0. The summed E-state index contributed by atoms with van der Waals surface area (Å²) in [7, 11) is -4.72. The van der Waals surface area contributed by atoms with Gasteiger partial charge in [-0.2, -0.15) is 0 Å². The maximum absolute atomic E-state index is 9.02. The average molecular weight is 147 g/mol. The maximum atomic E-state index is 9.02. The summed E-state index contributed by atoms with van der Waals surface area (Å²) >= 11 is 0. The Morgan fingerprint density at radius 1 is 1.25 bits per heavy atom. The van der Waals surface area contributed by atoms with Crippen LogP contribution in [0.5, 0.6) is 0 Å². The van der Waals surface area contributed by atoms with E-state index in [1.165, 1.54) is 0 Å². The molecule has 0 unspecified atom stereocenters. The van der Waals surface area contributed by atoms with Gasteiger partial charge in [0.2, 0.25) is 0 Å². The monoisotopic (exact) mass is 147 g/mol. The number of hydrogen-bond donors (Lipinski definition) is 3. The summed E-state index contributed by atoms with van der Waals surface area (Å²) in [6, 6.07) is 0. The molecule has 0 aromatic heterocycles. The largest absolute Gasteiger partial charge is 0.776 e. The minimum Gasteiger partial charge on any atom is -0.776 e. The van der Waals surface area contributed by atoms with Crippen molar-refractivity contribution >= 4 is 10.3 Å². The van der Waals surface area contributed by atoms with E-state index in [0.29, 0.717) is 0 Å². The van der Waals surface area contributed by atoms with Gasteiger partial charge >= 0.3 is 0 Å². The van der Waals surface area contributed by atoms with Crippen molar-refractivity contribution in [2.45, 2.75) is 0 Å². The SMILES string of the molecule is O=S(=O)([O-])N[O-].[NH4+].[NH4+]. The molecule has 8 heteroatoms. The molecule has 7 nitrogen and oxygen atoms in total. The van der Waals surface area contributed by atoms with E-state index in [9.17, 15) is 0 Å². The molecular formula is H9N3O4S. The Labute approximate surface area is 46.7 Å². The summed E-state index contributed by atoms with van der Waals surface area (Å²) in [6.07, 6.45) is 0. The van der Waals surface area contributed by atoms with Gasteiger partial charge in [0.1, 0.15) is 10.3 Å². The molecule has 0 aliphatic heterocycles. The van der Waals surface area contributed by atoms with Crippen LogP contribution in [0.2, 0.25) is 0 Å². The zero-order chi connectivity index (χ0) is 5.21. The fraction of sp³-hybridized carbons (Fsp3) is 0. The van der Waals surface area contributed by atoms with Crippen LogP contribution in [0, 0.1) is 5.21 Å². The summed E-state index contributed by atoms with van der Waals surface area (Å²) in [4.78, 5) is 0.271. The van der Waals surface area contributed by atoms with E-state index in [4.69, 9.17) is 18.2 Å². The van der Waals surface area contributed by atoms with Crippen LogP contribution in [0.25, 0.3) is 0 Å². The van der Waals surface area contributed by atoms with Gasteiger partial charge in [0, 0.05) is 0 Å². The molecule has 0 rings (SSSR count). The lowest BCUT2D eigenvalue weighted by atomic mass is 13.5. The molecule has 0 radical (unpaired) electrons. The lowest BCUT2D eigenvalue weighted by Crippen LogP contribution is -2.14. The van der Waals surface area contributed by atoms with Crippen molar-refractivity contribution < 1.29 is 13.0 Å². The van der Waals surface area contributed by atoms with Crippen molar-refractivity contribution in [3.8, 4) is 0 Å². The molecular weight excluding hydrogens is 138 g/mol. The van der Waals surface area contributed by atoms with E-state index in [0.717, 1.165) is 0 Å². The highest BCUT2D eigenvalue weighted by molar-refractivity contribution is 7.83. The molecule has 0 bridgehead atoms. The second kappa shape index (κ2) is 4.90. The summed E-state index contributed by atoms with van der Waals surface area (Å²) < 4.78 is 27.1. The van der Waals surface area contributed by atoms with Gasteiger partial charge in [0.25, 0.3) is 0 Å². The minimum absolute atomic E-state index is 0. The topological polar surface area (TPSA) is 165 Å². The summed E-state index contributed by atoms with van der Waals surface area (Å²) in [5.41, 5.74) is 0. The van der Waals surface area contributed by atoms with Crippen molar-refractivity contribution in [1.29, 1.82) is 0 Å². The maximum Gasteiger partial charge on any atom is 0.147 e. The summed E-state index contributed by atoms with van der Waals surface area (Å²) in [5, 5.41) is 8.80. The Morgan fingerprint density at radius 2 is 1.38 bits per heavy atom. The molecule has 0 amide bonds. The predicted molar refractivity (Wildman–Crippen MR) is 28.2 cm³/mol. The van der Waals surface area contributed by atoms with Gasteiger partial charge in [-0.05, 0) is 0 Å². The van der Waals surface area contributed by atoms with Gasteiger partial charge in [0.05, 0.1) is 0 Å². The number of quaternary nitrogens is 2. The van der Waals surface area contributed by atoms with Crippen molar-refractivity contribution in [2.75, 3.05) is 0 Å². The van der Waals surface area contributed by atoms with Crippen LogP contribution < -0.4 is 17.2 Å². The molecule has 0 aliphatic carbocycles. The zero-order valence-corrected chi connectivity index (χ0v) is 5.36.